The van der Waals surface area contributed by atoms with Gasteiger partial charge in [-0.25, -0.2) is 4.79 Å². The van der Waals surface area contributed by atoms with Crippen molar-refractivity contribution < 1.29 is 34.7 Å². The van der Waals surface area contributed by atoms with Crippen LogP contribution in [0.25, 0.3) is 0 Å². The van der Waals surface area contributed by atoms with Crippen molar-refractivity contribution >= 4 is 5.97 Å². The van der Waals surface area contributed by atoms with E-state index in [-0.39, 0.29) is 17.1 Å². The largest absolute Gasteiger partial charge is 0.504 e. The van der Waals surface area contributed by atoms with Crippen LogP contribution in [0.1, 0.15) is 10.4 Å². The quantitative estimate of drug-likeness (QED) is 0.504. The van der Waals surface area contributed by atoms with E-state index >= 15 is 0 Å². The van der Waals surface area contributed by atoms with Gasteiger partial charge in [-0.3, -0.25) is 0 Å². The Balaban J connectivity index is 2.63. The van der Waals surface area contributed by atoms with Crippen LogP contribution in [0.15, 0.2) is 18.2 Å². The minimum atomic E-state index is -1.37. The van der Waals surface area contributed by atoms with Gasteiger partial charge >= 0.3 is 5.97 Å². The number of rotatable bonds is 6. The molecule has 19 heavy (non-hydrogen) atoms. The molecule has 0 aromatic heterocycles. The molecule has 7 heteroatoms. The molecule has 7 nitrogen and oxygen atoms in total. The highest BCUT2D eigenvalue weighted by Crippen LogP contribution is 2.26. The number of phenolic OH excluding ortho intramolecular Hbond substituents is 1. The van der Waals surface area contributed by atoms with Crippen LogP contribution in [-0.4, -0.2) is 58.9 Å². The first-order valence-electron chi connectivity index (χ1n) is 5.50. The summed E-state index contributed by atoms with van der Waals surface area (Å²) >= 11 is 0. The summed E-state index contributed by atoms with van der Waals surface area (Å²) in [5.41, 5.74) is 0.125. The van der Waals surface area contributed by atoms with Crippen LogP contribution in [0.4, 0.5) is 0 Å². The number of benzene rings is 1. The lowest BCUT2D eigenvalue weighted by atomic mass is 10.2. The van der Waals surface area contributed by atoms with Crippen LogP contribution in [0, 0.1) is 0 Å². The third kappa shape index (κ3) is 4.09. The highest BCUT2D eigenvalue weighted by atomic mass is 16.5. The molecule has 1 rings (SSSR count). The number of aliphatic hydroxyl groups excluding tert-OH is 3. The molecule has 1 aromatic rings. The van der Waals surface area contributed by atoms with Crippen LogP contribution in [0.2, 0.25) is 0 Å². The average Bonchev–Trinajstić information content (AvgIpc) is 2.43. The highest BCUT2D eigenvalue weighted by Gasteiger charge is 2.18. The molecule has 0 amide bonds. The summed E-state index contributed by atoms with van der Waals surface area (Å²) in [6, 6.07) is 3.88. The van der Waals surface area contributed by atoms with Gasteiger partial charge in [-0.1, -0.05) is 0 Å². The second kappa shape index (κ2) is 6.93. The number of hydrogen-bond donors (Lipinski definition) is 4. The molecule has 0 spiro atoms. The molecule has 106 valence electrons. The monoisotopic (exact) mass is 272 g/mol. The number of esters is 1. The van der Waals surface area contributed by atoms with Gasteiger partial charge < -0.3 is 29.9 Å². The van der Waals surface area contributed by atoms with Crippen LogP contribution in [0.5, 0.6) is 11.5 Å². The Labute approximate surface area is 109 Å². The van der Waals surface area contributed by atoms with Gasteiger partial charge in [0.1, 0.15) is 18.8 Å². The van der Waals surface area contributed by atoms with Gasteiger partial charge in [0.25, 0.3) is 0 Å². The molecule has 4 N–H and O–H groups in total. The molecule has 0 aliphatic heterocycles. The van der Waals surface area contributed by atoms with E-state index in [1.165, 1.54) is 25.3 Å². The van der Waals surface area contributed by atoms with Crippen molar-refractivity contribution in [1.29, 1.82) is 0 Å². The Hall–Kier alpha value is -1.83. The van der Waals surface area contributed by atoms with Crippen molar-refractivity contribution in [3.05, 3.63) is 23.8 Å². The number of methoxy groups -OCH3 is 1. The maximum Gasteiger partial charge on any atom is 0.338 e. The molecule has 0 saturated heterocycles. The summed E-state index contributed by atoms with van der Waals surface area (Å²) in [5.74, 6) is -0.748. The van der Waals surface area contributed by atoms with E-state index in [0.29, 0.717) is 0 Å². The fourth-order valence-electron chi connectivity index (χ4n) is 1.28. The van der Waals surface area contributed by atoms with Gasteiger partial charge in [-0.05, 0) is 18.2 Å². The molecule has 0 radical (unpaired) electrons. The maximum absolute atomic E-state index is 11.6. The van der Waals surface area contributed by atoms with Gasteiger partial charge in [0, 0.05) is 0 Å². The number of phenols is 1. The Morgan fingerprint density at radius 3 is 2.58 bits per heavy atom. The van der Waals surface area contributed by atoms with E-state index in [1.54, 1.807) is 0 Å². The molecule has 0 aliphatic rings. The Morgan fingerprint density at radius 2 is 2.00 bits per heavy atom. The topological polar surface area (TPSA) is 116 Å². The minimum Gasteiger partial charge on any atom is -0.504 e. The summed E-state index contributed by atoms with van der Waals surface area (Å²) in [6.45, 7) is -1.09. The summed E-state index contributed by atoms with van der Waals surface area (Å²) in [7, 11) is 1.34. The summed E-state index contributed by atoms with van der Waals surface area (Å²) in [4.78, 5) is 11.6. The lowest BCUT2D eigenvalue weighted by Crippen LogP contribution is -2.34. The van der Waals surface area contributed by atoms with Crippen LogP contribution < -0.4 is 4.74 Å². The van der Waals surface area contributed by atoms with Gasteiger partial charge in [-0.15, -0.1) is 0 Å². The average molecular weight is 272 g/mol. The first-order chi connectivity index (χ1) is 8.99. The first-order valence-corrected chi connectivity index (χ1v) is 5.50. The number of ether oxygens (including phenoxy) is 2. The van der Waals surface area contributed by atoms with Crippen LogP contribution in [-0.2, 0) is 4.74 Å². The Morgan fingerprint density at radius 1 is 1.32 bits per heavy atom. The highest BCUT2D eigenvalue weighted by molar-refractivity contribution is 5.90. The van der Waals surface area contributed by atoms with Gasteiger partial charge in [0.05, 0.1) is 19.3 Å². The number of aliphatic hydroxyl groups is 3. The summed E-state index contributed by atoms with van der Waals surface area (Å²) in [5, 5.41) is 36.3. The van der Waals surface area contributed by atoms with Crippen molar-refractivity contribution in [3.8, 4) is 11.5 Å². The van der Waals surface area contributed by atoms with Crippen molar-refractivity contribution in [2.24, 2.45) is 0 Å². The lowest BCUT2D eigenvalue weighted by Gasteiger charge is -2.15. The first kappa shape index (κ1) is 15.2. The second-order valence-corrected chi connectivity index (χ2v) is 3.80. The van der Waals surface area contributed by atoms with Crippen LogP contribution in [0.3, 0.4) is 0 Å². The number of aromatic hydroxyl groups is 1. The molecular formula is C12H16O7. The predicted octanol–water partition coefficient (Wildman–Crippen LogP) is -0.728. The van der Waals surface area contributed by atoms with E-state index in [9.17, 15) is 15.0 Å². The van der Waals surface area contributed by atoms with Crippen molar-refractivity contribution in [2.45, 2.75) is 12.2 Å². The second-order valence-electron chi connectivity index (χ2n) is 3.80. The third-order valence-corrected chi connectivity index (χ3v) is 2.43. The molecular weight excluding hydrogens is 256 g/mol. The van der Waals surface area contributed by atoms with Crippen molar-refractivity contribution in [3.63, 3.8) is 0 Å². The zero-order valence-corrected chi connectivity index (χ0v) is 10.3. The Kier molecular flexibility index (Phi) is 5.56. The normalized spacial score (nSPS) is 13.7. The van der Waals surface area contributed by atoms with Crippen LogP contribution >= 0.6 is 0 Å². The standard InChI is InChI=1S/C12H16O7/c1-18-11-4-7(2-3-8(11)14)12(17)19-6-10(16)9(15)5-13/h2-4,9-10,13-16H,5-6H2,1H3. The zero-order valence-electron chi connectivity index (χ0n) is 10.3. The van der Waals surface area contributed by atoms with Gasteiger partial charge in [0.2, 0.25) is 0 Å². The summed E-state index contributed by atoms with van der Waals surface area (Å²) < 4.78 is 9.59. The molecule has 0 fully saturated rings. The third-order valence-electron chi connectivity index (χ3n) is 2.43. The SMILES string of the molecule is COc1cc(C(=O)OCC(O)C(O)CO)ccc1O. The van der Waals surface area contributed by atoms with E-state index in [0.717, 1.165) is 0 Å². The summed E-state index contributed by atoms with van der Waals surface area (Å²) in [6.07, 6.45) is -2.74. The fourth-order valence-corrected chi connectivity index (χ4v) is 1.28. The molecule has 2 unspecified atom stereocenters. The lowest BCUT2D eigenvalue weighted by molar-refractivity contribution is -0.0467. The van der Waals surface area contributed by atoms with E-state index in [1.807, 2.05) is 0 Å². The number of carbonyl (C=O) groups is 1. The van der Waals surface area contributed by atoms with E-state index < -0.39 is 31.4 Å². The molecule has 1 aromatic carbocycles. The molecule has 0 heterocycles. The van der Waals surface area contributed by atoms with E-state index in [4.69, 9.17) is 19.7 Å². The van der Waals surface area contributed by atoms with Gasteiger partial charge in [0.15, 0.2) is 11.5 Å². The maximum atomic E-state index is 11.6. The number of hydrogen-bond acceptors (Lipinski definition) is 7. The van der Waals surface area contributed by atoms with Crippen molar-refractivity contribution in [2.75, 3.05) is 20.3 Å². The molecule has 0 bridgehead atoms. The molecule has 2 atom stereocenters. The smallest absolute Gasteiger partial charge is 0.338 e. The zero-order chi connectivity index (χ0) is 14.4. The molecule has 0 aliphatic carbocycles. The van der Waals surface area contributed by atoms with Gasteiger partial charge in [-0.2, -0.15) is 0 Å². The Bertz CT molecular complexity index is 432. The van der Waals surface area contributed by atoms with E-state index in [2.05, 4.69) is 0 Å². The predicted molar refractivity (Wildman–Crippen MR) is 64.0 cm³/mol. The molecule has 0 saturated carbocycles. The number of carbonyl (C=O) groups excluding carboxylic acids is 1. The van der Waals surface area contributed by atoms with Crippen molar-refractivity contribution in [1.82, 2.24) is 0 Å². The minimum absolute atomic E-state index is 0.116. The fraction of sp³-hybridized carbons (Fsp3) is 0.417.